The summed E-state index contributed by atoms with van der Waals surface area (Å²) in [5.74, 6) is 0.723. The highest BCUT2D eigenvalue weighted by atomic mass is 16.3. The van der Waals surface area contributed by atoms with Crippen molar-refractivity contribution in [3.63, 3.8) is 0 Å². The minimum Gasteiger partial charge on any atom is -0.507 e. The Labute approximate surface area is 190 Å². The lowest BCUT2D eigenvalue weighted by molar-refractivity contribution is 0.338. The van der Waals surface area contributed by atoms with Crippen LogP contribution in [0, 0.1) is 0 Å². The van der Waals surface area contributed by atoms with E-state index in [9.17, 15) is 10.2 Å². The lowest BCUT2D eigenvalue weighted by Crippen LogP contribution is -2.24. The Morgan fingerprint density at radius 3 is 1.34 bits per heavy atom. The van der Waals surface area contributed by atoms with Crippen molar-refractivity contribution in [1.82, 2.24) is 4.90 Å². The first-order valence-corrected chi connectivity index (χ1v) is 11.0. The number of aromatic hydroxyl groups is 2. The van der Waals surface area contributed by atoms with Gasteiger partial charge in [0.2, 0.25) is 0 Å². The molecule has 0 aliphatic heterocycles. The van der Waals surface area contributed by atoms with E-state index in [4.69, 9.17) is 0 Å². The number of phenolic OH excluding ortho intramolecular Hbond substituents is 2. The summed E-state index contributed by atoms with van der Waals surface area (Å²) in [6.07, 6.45) is 1.53. The van der Waals surface area contributed by atoms with Gasteiger partial charge in [-0.25, -0.2) is 0 Å². The second-order valence-electron chi connectivity index (χ2n) is 8.16. The van der Waals surface area contributed by atoms with E-state index in [0.717, 1.165) is 59.3 Å². The van der Waals surface area contributed by atoms with Crippen LogP contribution in [0.2, 0.25) is 0 Å². The van der Waals surface area contributed by atoms with Crippen LogP contribution in [-0.4, -0.2) is 35.3 Å². The third-order valence-electron chi connectivity index (χ3n) is 5.93. The molecule has 0 fully saturated rings. The van der Waals surface area contributed by atoms with Gasteiger partial charge in [-0.15, -0.1) is 0 Å². The molecule has 4 aromatic rings. The van der Waals surface area contributed by atoms with Gasteiger partial charge in [0.15, 0.2) is 0 Å². The third kappa shape index (κ3) is 5.01. The fraction of sp³-hybridized carbons (Fsp3) is 0.172. The summed E-state index contributed by atoms with van der Waals surface area (Å²) in [4.78, 5) is 2.24. The monoisotopic (exact) mass is 423 g/mol. The maximum absolute atomic E-state index is 10.8. The van der Waals surface area contributed by atoms with Crippen molar-refractivity contribution in [3.8, 4) is 33.8 Å². The van der Waals surface area contributed by atoms with E-state index >= 15 is 0 Å². The molecule has 0 spiro atoms. The minimum atomic E-state index is 0.361. The summed E-state index contributed by atoms with van der Waals surface area (Å²) in [6.45, 7) is 1.65. The Balaban J connectivity index is 1.38. The van der Waals surface area contributed by atoms with Gasteiger partial charge >= 0.3 is 0 Å². The summed E-state index contributed by atoms with van der Waals surface area (Å²) >= 11 is 0. The van der Waals surface area contributed by atoms with Gasteiger partial charge in [-0.2, -0.15) is 0 Å². The topological polar surface area (TPSA) is 43.7 Å². The molecule has 32 heavy (non-hydrogen) atoms. The van der Waals surface area contributed by atoms with Crippen LogP contribution in [-0.2, 0) is 12.8 Å². The van der Waals surface area contributed by atoms with Crippen LogP contribution in [0.3, 0.4) is 0 Å². The molecule has 0 radical (unpaired) electrons. The van der Waals surface area contributed by atoms with Gasteiger partial charge in [-0.1, -0.05) is 97.1 Å². The second-order valence-corrected chi connectivity index (χ2v) is 8.16. The third-order valence-corrected chi connectivity index (χ3v) is 5.93. The van der Waals surface area contributed by atoms with Gasteiger partial charge in [-0.05, 0) is 42.1 Å². The molecule has 0 amide bonds. The predicted molar refractivity (Wildman–Crippen MR) is 132 cm³/mol. The average Bonchev–Trinajstić information content (AvgIpc) is 2.84. The molecule has 0 aromatic heterocycles. The number of rotatable bonds is 8. The number of benzene rings is 4. The first-order chi connectivity index (χ1) is 15.6. The number of para-hydroxylation sites is 2. The fourth-order valence-corrected chi connectivity index (χ4v) is 4.02. The Hall–Kier alpha value is -3.56. The summed E-state index contributed by atoms with van der Waals surface area (Å²) in [5, 5.41) is 21.6. The molecule has 3 nitrogen and oxygen atoms in total. The van der Waals surface area contributed by atoms with E-state index in [1.807, 2.05) is 97.1 Å². The molecular formula is C29H29NO2. The highest BCUT2D eigenvalue weighted by molar-refractivity contribution is 5.72. The molecule has 3 heteroatoms. The first-order valence-electron chi connectivity index (χ1n) is 11.0. The normalized spacial score (nSPS) is 11.1. The number of phenols is 2. The molecule has 0 unspecified atom stereocenters. The van der Waals surface area contributed by atoms with Crippen LogP contribution in [0.1, 0.15) is 11.1 Å². The van der Waals surface area contributed by atoms with E-state index < -0.39 is 0 Å². The van der Waals surface area contributed by atoms with E-state index in [-0.39, 0.29) is 0 Å². The highest BCUT2D eigenvalue weighted by Crippen LogP contribution is 2.33. The number of hydrogen-bond donors (Lipinski definition) is 2. The largest absolute Gasteiger partial charge is 0.507 e. The maximum Gasteiger partial charge on any atom is 0.126 e. The summed E-state index contributed by atoms with van der Waals surface area (Å²) in [5.41, 5.74) is 5.68. The zero-order valence-electron chi connectivity index (χ0n) is 18.4. The van der Waals surface area contributed by atoms with Crippen LogP contribution < -0.4 is 0 Å². The Morgan fingerprint density at radius 1 is 0.531 bits per heavy atom. The smallest absolute Gasteiger partial charge is 0.126 e. The molecule has 4 rings (SSSR count). The van der Waals surface area contributed by atoms with E-state index in [1.54, 1.807) is 0 Å². The lowest BCUT2D eigenvalue weighted by atomic mass is 9.99. The van der Waals surface area contributed by atoms with Crippen LogP contribution in [0.5, 0.6) is 11.5 Å². The SMILES string of the molecule is CN(CCc1cccc(-c2ccccc2)c1O)CCc1cccc(-c2ccccc2)c1O. The van der Waals surface area contributed by atoms with Crippen molar-refractivity contribution in [2.75, 3.05) is 20.1 Å². The summed E-state index contributed by atoms with van der Waals surface area (Å²) in [7, 11) is 2.08. The zero-order chi connectivity index (χ0) is 22.3. The molecule has 0 saturated heterocycles. The number of likely N-dealkylation sites (N-methyl/N-ethyl adjacent to an activating group) is 1. The molecule has 4 aromatic carbocycles. The van der Waals surface area contributed by atoms with Gasteiger partial charge < -0.3 is 15.1 Å². The van der Waals surface area contributed by atoms with Crippen LogP contribution in [0.25, 0.3) is 22.3 Å². The highest BCUT2D eigenvalue weighted by Gasteiger charge is 2.12. The van der Waals surface area contributed by atoms with Crippen LogP contribution in [0.15, 0.2) is 97.1 Å². The second kappa shape index (κ2) is 10.2. The Kier molecular flexibility index (Phi) is 6.88. The van der Waals surface area contributed by atoms with Crippen molar-refractivity contribution in [2.24, 2.45) is 0 Å². The van der Waals surface area contributed by atoms with Gasteiger partial charge in [0.1, 0.15) is 11.5 Å². The predicted octanol–water partition coefficient (Wildman–Crippen LogP) is 6.15. The molecule has 2 N–H and O–H groups in total. The average molecular weight is 424 g/mol. The molecule has 0 bridgehead atoms. The molecular weight excluding hydrogens is 394 g/mol. The van der Waals surface area contributed by atoms with Gasteiger partial charge in [0, 0.05) is 24.2 Å². The van der Waals surface area contributed by atoms with Gasteiger partial charge in [0.05, 0.1) is 0 Å². The van der Waals surface area contributed by atoms with Crippen molar-refractivity contribution in [2.45, 2.75) is 12.8 Å². The minimum absolute atomic E-state index is 0.361. The van der Waals surface area contributed by atoms with Gasteiger partial charge in [0.25, 0.3) is 0 Å². The first kappa shape index (κ1) is 21.7. The Morgan fingerprint density at radius 2 is 0.938 bits per heavy atom. The number of hydrogen-bond acceptors (Lipinski definition) is 3. The van der Waals surface area contributed by atoms with E-state index in [2.05, 4.69) is 11.9 Å². The van der Waals surface area contributed by atoms with E-state index in [0.29, 0.717) is 11.5 Å². The van der Waals surface area contributed by atoms with Crippen molar-refractivity contribution in [1.29, 1.82) is 0 Å². The van der Waals surface area contributed by atoms with Gasteiger partial charge in [-0.3, -0.25) is 0 Å². The van der Waals surface area contributed by atoms with Crippen molar-refractivity contribution >= 4 is 0 Å². The molecule has 0 saturated carbocycles. The van der Waals surface area contributed by atoms with Crippen molar-refractivity contribution < 1.29 is 10.2 Å². The zero-order valence-corrected chi connectivity index (χ0v) is 18.4. The maximum atomic E-state index is 10.8. The Bertz CT molecular complexity index is 1060. The lowest BCUT2D eigenvalue weighted by Gasteiger charge is -2.18. The molecule has 0 aliphatic carbocycles. The van der Waals surface area contributed by atoms with E-state index in [1.165, 1.54) is 0 Å². The number of nitrogens with zero attached hydrogens (tertiary/aromatic N) is 1. The summed E-state index contributed by atoms with van der Waals surface area (Å²) in [6, 6.07) is 31.9. The molecule has 0 heterocycles. The fourth-order valence-electron chi connectivity index (χ4n) is 4.02. The molecule has 162 valence electrons. The van der Waals surface area contributed by atoms with Crippen LogP contribution in [0.4, 0.5) is 0 Å². The summed E-state index contributed by atoms with van der Waals surface area (Å²) < 4.78 is 0. The van der Waals surface area contributed by atoms with Crippen LogP contribution >= 0.6 is 0 Å². The quantitative estimate of drug-likeness (QED) is 0.357. The molecule has 0 atom stereocenters. The van der Waals surface area contributed by atoms with Crippen molar-refractivity contribution in [3.05, 3.63) is 108 Å². The standard InChI is InChI=1S/C29H29NO2/c1-30(20-18-24-14-8-16-26(28(24)31)22-10-4-2-5-11-22)21-19-25-15-9-17-27(29(25)32)23-12-6-3-7-13-23/h2-17,31-32H,18-21H2,1H3. The molecule has 0 aliphatic rings.